The molecule has 0 amide bonds. The Hall–Kier alpha value is -1.57. The van der Waals surface area contributed by atoms with Crippen molar-refractivity contribution >= 4 is 17.7 Å². The zero-order chi connectivity index (χ0) is 11.4. The summed E-state index contributed by atoms with van der Waals surface area (Å²) >= 11 is 0.992. The number of aromatic nitrogens is 3. The standard InChI is InChI=1S/C7H10N4O3S/c1-4-6(13)11(8)7(10-9-4)15-3-5(12)14-2/h3,8H2,1-2H3. The second kappa shape index (κ2) is 4.78. The van der Waals surface area contributed by atoms with Crippen LogP contribution in [0.2, 0.25) is 0 Å². The quantitative estimate of drug-likeness (QED) is 0.400. The van der Waals surface area contributed by atoms with E-state index in [1.807, 2.05) is 0 Å². The monoisotopic (exact) mass is 230 g/mol. The fourth-order valence-electron chi connectivity index (χ4n) is 0.751. The Morgan fingerprint density at radius 1 is 1.60 bits per heavy atom. The molecular weight excluding hydrogens is 220 g/mol. The first kappa shape index (κ1) is 11.5. The van der Waals surface area contributed by atoms with Gasteiger partial charge < -0.3 is 10.6 Å². The molecule has 0 radical (unpaired) electrons. The van der Waals surface area contributed by atoms with Gasteiger partial charge in [0.2, 0.25) is 5.16 Å². The molecule has 1 heterocycles. The Bertz CT molecular complexity index is 431. The number of carbonyl (C=O) groups excluding carboxylic acids is 1. The van der Waals surface area contributed by atoms with Crippen LogP contribution in [-0.4, -0.2) is 33.7 Å². The number of rotatable bonds is 3. The van der Waals surface area contributed by atoms with Crippen LogP contribution in [0.5, 0.6) is 0 Å². The number of nitrogens with two attached hydrogens (primary N) is 1. The molecule has 82 valence electrons. The maximum absolute atomic E-state index is 11.3. The Morgan fingerprint density at radius 3 is 2.87 bits per heavy atom. The highest BCUT2D eigenvalue weighted by molar-refractivity contribution is 7.99. The predicted molar refractivity (Wildman–Crippen MR) is 53.9 cm³/mol. The molecule has 0 aromatic carbocycles. The molecule has 1 aromatic heterocycles. The summed E-state index contributed by atoms with van der Waals surface area (Å²) < 4.78 is 5.29. The lowest BCUT2D eigenvalue weighted by molar-refractivity contribution is -0.137. The minimum absolute atomic E-state index is 0.0326. The molecule has 15 heavy (non-hydrogen) atoms. The van der Waals surface area contributed by atoms with Crippen LogP contribution in [0, 0.1) is 6.92 Å². The smallest absolute Gasteiger partial charge is 0.316 e. The Kier molecular flexibility index (Phi) is 3.67. The zero-order valence-electron chi connectivity index (χ0n) is 8.26. The number of nitrogen functional groups attached to an aromatic ring is 1. The molecule has 0 unspecified atom stereocenters. The number of aryl methyl sites for hydroxylation is 1. The van der Waals surface area contributed by atoms with E-state index in [9.17, 15) is 9.59 Å². The minimum atomic E-state index is -0.433. The number of hydrogen-bond donors (Lipinski definition) is 1. The maximum Gasteiger partial charge on any atom is 0.316 e. The maximum atomic E-state index is 11.3. The summed E-state index contributed by atoms with van der Waals surface area (Å²) in [5.74, 6) is 5.05. The van der Waals surface area contributed by atoms with Crippen molar-refractivity contribution in [1.29, 1.82) is 0 Å². The van der Waals surface area contributed by atoms with E-state index in [0.29, 0.717) is 0 Å². The van der Waals surface area contributed by atoms with Crippen LogP contribution in [0.1, 0.15) is 5.69 Å². The second-order valence-corrected chi connectivity index (χ2v) is 3.55. The van der Waals surface area contributed by atoms with Gasteiger partial charge in [0.25, 0.3) is 5.56 Å². The van der Waals surface area contributed by atoms with Crippen LogP contribution < -0.4 is 11.4 Å². The molecule has 1 rings (SSSR count). The zero-order valence-corrected chi connectivity index (χ0v) is 9.08. The molecular formula is C7H10N4O3S. The van der Waals surface area contributed by atoms with Crippen LogP contribution in [0.4, 0.5) is 0 Å². The number of esters is 1. The molecule has 0 fully saturated rings. The highest BCUT2D eigenvalue weighted by Crippen LogP contribution is 2.10. The van der Waals surface area contributed by atoms with E-state index in [1.165, 1.54) is 14.0 Å². The summed E-state index contributed by atoms with van der Waals surface area (Å²) in [6, 6.07) is 0. The summed E-state index contributed by atoms with van der Waals surface area (Å²) in [4.78, 5) is 22.1. The summed E-state index contributed by atoms with van der Waals surface area (Å²) in [7, 11) is 1.28. The third-order valence-electron chi connectivity index (χ3n) is 1.57. The topological polar surface area (TPSA) is 100 Å². The first-order valence-electron chi connectivity index (χ1n) is 3.97. The van der Waals surface area contributed by atoms with Gasteiger partial charge in [0.1, 0.15) is 5.69 Å². The van der Waals surface area contributed by atoms with Gasteiger partial charge in [-0.15, -0.1) is 10.2 Å². The van der Waals surface area contributed by atoms with Gasteiger partial charge in [-0.05, 0) is 6.92 Å². The van der Waals surface area contributed by atoms with Gasteiger partial charge in [-0.2, -0.15) is 4.68 Å². The highest BCUT2D eigenvalue weighted by Gasteiger charge is 2.09. The fourth-order valence-corrected chi connectivity index (χ4v) is 1.44. The van der Waals surface area contributed by atoms with Crippen molar-refractivity contribution in [1.82, 2.24) is 14.9 Å². The Morgan fingerprint density at radius 2 is 2.27 bits per heavy atom. The lowest BCUT2D eigenvalue weighted by Crippen LogP contribution is -2.32. The van der Waals surface area contributed by atoms with Crippen LogP contribution >= 0.6 is 11.8 Å². The summed E-state index contributed by atoms with van der Waals surface area (Å²) in [6.45, 7) is 1.51. The lowest BCUT2D eigenvalue weighted by Gasteiger charge is -2.04. The van der Waals surface area contributed by atoms with Crippen LogP contribution in [0.15, 0.2) is 9.95 Å². The second-order valence-electron chi connectivity index (χ2n) is 2.61. The predicted octanol–water partition coefficient (Wildman–Crippen LogP) is -1.07. The van der Waals surface area contributed by atoms with Gasteiger partial charge in [-0.25, -0.2) is 0 Å². The molecule has 0 saturated heterocycles. The van der Waals surface area contributed by atoms with Crippen LogP contribution in [0.25, 0.3) is 0 Å². The first-order chi connectivity index (χ1) is 7.06. The van der Waals surface area contributed by atoms with E-state index in [1.54, 1.807) is 0 Å². The van der Waals surface area contributed by atoms with Gasteiger partial charge >= 0.3 is 5.97 Å². The van der Waals surface area contributed by atoms with Crippen molar-refractivity contribution in [3.05, 3.63) is 16.0 Å². The summed E-state index contributed by atoms with van der Waals surface area (Å²) in [5.41, 5.74) is -0.225. The molecule has 1 aromatic rings. The molecule has 2 N–H and O–H groups in total. The molecule has 0 saturated carbocycles. The van der Waals surface area contributed by atoms with Crippen molar-refractivity contribution in [3.8, 4) is 0 Å². The number of methoxy groups -OCH3 is 1. The third-order valence-corrected chi connectivity index (χ3v) is 2.48. The van der Waals surface area contributed by atoms with Crippen molar-refractivity contribution < 1.29 is 9.53 Å². The average Bonchev–Trinajstić information content (AvgIpc) is 2.24. The summed E-state index contributed by atoms with van der Waals surface area (Å²) in [6.07, 6.45) is 0. The van der Waals surface area contributed by atoms with Crippen molar-refractivity contribution in [2.45, 2.75) is 12.1 Å². The van der Waals surface area contributed by atoms with Crippen molar-refractivity contribution in [2.24, 2.45) is 0 Å². The number of nitrogens with zero attached hydrogens (tertiary/aromatic N) is 3. The summed E-state index contributed by atoms with van der Waals surface area (Å²) in [5, 5.41) is 7.47. The van der Waals surface area contributed by atoms with E-state index in [0.717, 1.165) is 16.4 Å². The number of carbonyl (C=O) groups is 1. The van der Waals surface area contributed by atoms with Gasteiger partial charge in [-0.3, -0.25) is 9.59 Å². The Labute approximate surface area is 89.6 Å². The largest absolute Gasteiger partial charge is 0.468 e. The molecule has 0 aliphatic heterocycles. The van der Waals surface area contributed by atoms with E-state index < -0.39 is 11.5 Å². The Balaban J connectivity index is 2.83. The van der Waals surface area contributed by atoms with E-state index >= 15 is 0 Å². The first-order valence-corrected chi connectivity index (χ1v) is 4.96. The fraction of sp³-hybridized carbons (Fsp3) is 0.429. The van der Waals surface area contributed by atoms with Crippen LogP contribution in [-0.2, 0) is 9.53 Å². The average molecular weight is 230 g/mol. The van der Waals surface area contributed by atoms with Gasteiger partial charge in [0.05, 0.1) is 12.9 Å². The van der Waals surface area contributed by atoms with Gasteiger partial charge in [0.15, 0.2) is 0 Å². The van der Waals surface area contributed by atoms with Crippen molar-refractivity contribution in [3.63, 3.8) is 0 Å². The van der Waals surface area contributed by atoms with Crippen molar-refractivity contribution in [2.75, 3.05) is 18.7 Å². The molecule has 0 aliphatic rings. The normalized spacial score (nSPS) is 10.0. The SMILES string of the molecule is COC(=O)CSc1nnc(C)c(=O)n1N. The lowest BCUT2D eigenvalue weighted by atomic mass is 10.5. The molecule has 0 aliphatic carbocycles. The van der Waals surface area contributed by atoms with E-state index in [2.05, 4.69) is 14.9 Å². The van der Waals surface area contributed by atoms with Gasteiger partial charge in [0, 0.05) is 0 Å². The number of ether oxygens (including phenoxy) is 1. The number of hydrogen-bond acceptors (Lipinski definition) is 7. The van der Waals surface area contributed by atoms with E-state index in [4.69, 9.17) is 5.84 Å². The molecule has 0 bridgehead atoms. The van der Waals surface area contributed by atoms with E-state index in [-0.39, 0.29) is 16.6 Å². The van der Waals surface area contributed by atoms with Gasteiger partial charge in [-0.1, -0.05) is 11.8 Å². The molecule has 0 spiro atoms. The number of thioether (sulfide) groups is 1. The molecule has 7 nitrogen and oxygen atoms in total. The molecule has 0 atom stereocenters. The third kappa shape index (κ3) is 2.69. The highest BCUT2D eigenvalue weighted by atomic mass is 32.2. The molecule has 8 heteroatoms. The van der Waals surface area contributed by atoms with Crippen LogP contribution in [0.3, 0.4) is 0 Å². The minimum Gasteiger partial charge on any atom is -0.468 e.